The molecule has 5 heterocycles. The smallest absolute Gasteiger partial charge is 0.416 e. The third-order valence-corrected chi connectivity index (χ3v) is 9.60. The van der Waals surface area contributed by atoms with Gasteiger partial charge < -0.3 is 19.3 Å². The zero-order chi connectivity index (χ0) is 33.8. The Morgan fingerprint density at radius 3 is 2.44 bits per heavy atom. The Labute approximate surface area is 276 Å². The van der Waals surface area contributed by atoms with E-state index in [2.05, 4.69) is 21.4 Å². The lowest BCUT2D eigenvalue weighted by molar-refractivity contribution is -0.132. The average molecular weight is 658 g/mol. The lowest BCUT2D eigenvalue weighted by atomic mass is 9.95. The summed E-state index contributed by atoms with van der Waals surface area (Å²) in [5.74, 6) is -0.561. The minimum Gasteiger partial charge on any atom is -0.444 e. The molecule has 4 aliphatic rings. The average Bonchev–Trinajstić information content (AvgIpc) is 3.59. The highest BCUT2D eigenvalue weighted by Crippen LogP contribution is 2.62. The van der Waals surface area contributed by atoms with Crippen molar-refractivity contribution < 1.29 is 28.2 Å². The van der Waals surface area contributed by atoms with Crippen molar-refractivity contribution in [2.75, 3.05) is 57.3 Å². The number of hydrogen-bond acceptors (Lipinski definition) is 10. The molecule has 0 bridgehead atoms. The second-order valence-corrected chi connectivity index (χ2v) is 13.7. The summed E-state index contributed by atoms with van der Waals surface area (Å²) in [6, 6.07) is 10.5. The van der Waals surface area contributed by atoms with Crippen LogP contribution in [0, 0.1) is 29.0 Å². The topological polar surface area (TPSA) is 150 Å². The zero-order valence-electron chi connectivity index (χ0n) is 27.0. The van der Waals surface area contributed by atoms with Crippen molar-refractivity contribution in [3.63, 3.8) is 0 Å². The Balaban J connectivity index is 0.941. The van der Waals surface area contributed by atoms with E-state index in [1.807, 2.05) is 30.6 Å². The first-order valence-electron chi connectivity index (χ1n) is 16.0. The van der Waals surface area contributed by atoms with Crippen LogP contribution in [0.5, 0.6) is 0 Å². The van der Waals surface area contributed by atoms with E-state index >= 15 is 4.39 Å². The van der Waals surface area contributed by atoms with Gasteiger partial charge in [0.25, 0.3) is 0 Å². The Kier molecular flexibility index (Phi) is 7.78. The number of carbonyl (C=O) groups excluding carboxylic acids is 3. The number of anilines is 1. The zero-order valence-corrected chi connectivity index (χ0v) is 27.0. The maximum atomic E-state index is 15.3. The normalized spacial score (nSPS) is 25.4. The number of fused-ring (bicyclic) bond motifs is 1. The van der Waals surface area contributed by atoms with Gasteiger partial charge in [0.05, 0.1) is 36.7 Å². The van der Waals surface area contributed by atoms with Crippen molar-refractivity contribution in [2.45, 2.75) is 38.0 Å². The fraction of sp³-hybridized carbons (Fsp3) is 0.485. The van der Waals surface area contributed by atoms with Crippen LogP contribution in [-0.4, -0.2) is 111 Å². The van der Waals surface area contributed by atoms with Crippen molar-refractivity contribution in [3.8, 4) is 17.2 Å². The van der Waals surface area contributed by atoms with Crippen LogP contribution in [0.1, 0.15) is 32.7 Å². The quantitative estimate of drug-likeness (QED) is 0.387. The number of halogens is 1. The number of amides is 3. The van der Waals surface area contributed by atoms with E-state index < -0.39 is 29.2 Å². The van der Waals surface area contributed by atoms with E-state index in [0.29, 0.717) is 61.8 Å². The van der Waals surface area contributed by atoms with E-state index in [-0.39, 0.29) is 36.9 Å². The first kappa shape index (κ1) is 31.5. The van der Waals surface area contributed by atoms with E-state index in [1.54, 1.807) is 41.6 Å². The number of pyridine rings is 1. The highest BCUT2D eigenvalue weighted by Gasteiger charge is 2.71. The summed E-state index contributed by atoms with van der Waals surface area (Å²) >= 11 is 0. The molecule has 48 heavy (non-hydrogen) atoms. The summed E-state index contributed by atoms with van der Waals surface area (Å²) in [6.45, 7) is 9.05. The predicted molar refractivity (Wildman–Crippen MR) is 168 cm³/mol. The molecular weight excluding hydrogens is 621 g/mol. The minimum absolute atomic E-state index is 0.0121. The number of rotatable bonds is 6. The fourth-order valence-electron chi connectivity index (χ4n) is 7.01. The summed E-state index contributed by atoms with van der Waals surface area (Å²) in [4.78, 5) is 49.4. The molecule has 15 heteroatoms. The molecule has 0 radical (unpaired) electrons. The molecule has 250 valence electrons. The van der Waals surface area contributed by atoms with Gasteiger partial charge in [0.15, 0.2) is 0 Å². The second-order valence-electron chi connectivity index (χ2n) is 13.7. The van der Waals surface area contributed by atoms with Crippen LogP contribution in [0.15, 0.2) is 48.9 Å². The molecule has 3 saturated heterocycles. The molecule has 0 spiro atoms. The van der Waals surface area contributed by atoms with Crippen molar-refractivity contribution >= 4 is 23.8 Å². The Morgan fingerprint density at radius 1 is 1.08 bits per heavy atom. The number of cyclic esters (lactones) is 1. The lowest BCUT2D eigenvalue weighted by Crippen LogP contribution is -2.52. The van der Waals surface area contributed by atoms with Gasteiger partial charge in [0.1, 0.15) is 16.8 Å². The maximum Gasteiger partial charge on any atom is 0.416 e. The molecule has 1 aliphatic carbocycles. The molecule has 14 nitrogen and oxygen atoms in total. The molecule has 2 aromatic heterocycles. The molecule has 3 amide bonds. The molecule has 4 atom stereocenters. The summed E-state index contributed by atoms with van der Waals surface area (Å²) in [5, 5.41) is 17.8. The summed E-state index contributed by atoms with van der Waals surface area (Å²) < 4.78 is 27.6. The number of likely N-dealkylation sites (tertiary alicyclic amines) is 1. The molecule has 3 aliphatic heterocycles. The number of benzene rings is 1. The molecule has 2 unspecified atom stereocenters. The summed E-state index contributed by atoms with van der Waals surface area (Å²) in [7, 11) is 0. The Bertz CT molecular complexity index is 1750. The second kappa shape index (κ2) is 11.9. The van der Waals surface area contributed by atoms with Crippen LogP contribution < -0.4 is 4.90 Å². The van der Waals surface area contributed by atoms with Gasteiger partial charge in [-0.2, -0.15) is 5.26 Å². The largest absolute Gasteiger partial charge is 0.444 e. The van der Waals surface area contributed by atoms with Crippen molar-refractivity contribution in [3.05, 3.63) is 60.4 Å². The highest BCUT2D eigenvalue weighted by molar-refractivity contribution is 5.90. The van der Waals surface area contributed by atoms with E-state index in [9.17, 15) is 19.6 Å². The van der Waals surface area contributed by atoms with Gasteiger partial charge in [-0.1, -0.05) is 11.3 Å². The molecule has 0 N–H and O–H groups in total. The number of hydrogen-bond donors (Lipinski definition) is 0. The van der Waals surface area contributed by atoms with Crippen molar-refractivity contribution in [1.29, 1.82) is 5.26 Å². The standard InChI is InChI=1S/C33H36FN9O5/c1-32(2,3)48-30(45)40-12-10-39(11-13-40)18-28(44)41-16-24-25(17-41)33(24,20-35)27-7-4-21(15-36-27)23-6-5-22(14-26(23)34)42-19-29(47-31(42)46)43-9-8-37-38-43/h4-9,14-15,24-25,29H,10-13,16-19H2,1-3H3/t24-,25+,29?,33?. The van der Waals surface area contributed by atoms with Gasteiger partial charge in [-0.3, -0.25) is 19.6 Å². The SMILES string of the molecule is CC(C)(C)OC(=O)N1CCN(CC(=O)N2C[C@@H]3[C@H](C2)C3(C#N)c2ccc(-c3ccc(N4CC(n5ccnn5)OC4=O)cc3F)cn2)CC1. The minimum atomic E-state index is -0.784. The van der Waals surface area contributed by atoms with Gasteiger partial charge in [-0.25, -0.2) is 18.7 Å². The Morgan fingerprint density at radius 2 is 1.83 bits per heavy atom. The van der Waals surface area contributed by atoms with E-state index in [4.69, 9.17) is 9.47 Å². The van der Waals surface area contributed by atoms with Crippen LogP contribution in [-0.2, 0) is 19.7 Å². The fourth-order valence-corrected chi connectivity index (χ4v) is 7.01. The lowest BCUT2D eigenvalue weighted by Gasteiger charge is -2.36. The molecular formula is C33H36FN9O5. The molecule has 4 fully saturated rings. The van der Waals surface area contributed by atoms with Gasteiger partial charge in [-0.15, -0.1) is 5.10 Å². The summed E-state index contributed by atoms with van der Waals surface area (Å²) in [5.41, 5.74) is 0.474. The first-order valence-corrected chi connectivity index (χ1v) is 16.0. The predicted octanol–water partition coefficient (Wildman–Crippen LogP) is 3.04. The van der Waals surface area contributed by atoms with Gasteiger partial charge in [0.2, 0.25) is 12.1 Å². The van der Waals surface area contributed by atoms with E-state index in [0.717, 1.165) is 0 Å². The third kappa shape index (κ3) is 5.70. The number of piperidine rings is 1. The molecule has 1 aromatic carbocycles. The van der Waals surface area contributed by atoms with Gasteiger partial charge in [0, 0.05) is 74.6 Å². The van der Waals surface area contributed by atoms with Crippen molar-refractivity contribution in [2.24, 2.45) is 11.8 Å². The summed E-state index contributed by atoms with van der Waals surface area (Å²) in [6.07, 6.45) is 3.02. The first-order chi connectivity index (χ1) is 23.0. The number of carbonyl (C=O) groups is 3. The van der Waals surface area contributed by atoms with Crippen LogP contribution in [0.4, 0.5) is 19.7 Å². The number of aromatic nitrogens is 4. The molecule has 7 rings (SSSR count). The Hall–Kier alpha value is -5.10. The number of nitriles is 1. The molecule has 1 saturated carbocycles. The number of ether oxygens (including phenoxy) is 2. The van der Waals surface area contributed by atoms with E-state index in [1.165, 1.54) is 21.8 Å². The van der Waals surface area contributed by atoms with Crippen LogP contribution >= 0.6 is 0 Å². The van der Waals surface area contributed by atoms with Crippen molar-refractivity contribution in [1.82, 2.24) is 34.7 Å². The highest BCUT2D eigenvalue weighted by atomic mass is 19.1. The monoisotopic (exact) mass is 657 g/mol. The van der Waals surface area contributed by atoms with Crippen LogP contribution in [0.2, 0.25) is 0 Å². The maximum absolute atomic E-state index is 15.3. The van der Waals surface area contributed by atoms with Crippen LogP contribution in [0.3, 0.4) is 0 Å². The van der Waals surface area contributed by atoms with Gasteiger partial charge >= 0.3 is 12.2 Å². The number of piperazine rings is 1. The third-order valence-electron chi connectivity index (χ3n) is 9.60. The van der Waals surface area contributed by atoms with Gasteiger partial charge in [-0.05, 0) is 45.0 Å². The number of nitrogens with zero attached hydrogens (tertiary/aromatic N) is 9. The molecule has 3 aromatic rings. The van der Waals surface area contributed by atoms with Crippen LogP contribution in [0.25, 0.3) is 11.1 Å².